The van der Waals surface area contributed by atoms with Gasteiger partial charge in [-0.1, -0.05) is 43.3 Å². The first-order valence-electron chi connectivity index (χ1n) is 8.37. The van der Waals surface area contributed by atoms with Gasteiger partial charge in [0.25, 0.3) is 5.91 Å². The molecule has 5 heteroatoms. The fourth-order valence-corrected chi connectivity index (χ4v) is 3.23. The molecule has 3 rings (SSSR count). The summed E-state index contributed by atoms with van der Waals surface area (Å²) in [7, 11) is 1.55. The zero-order valence-electron chi connectivity index (χ0n) is 14.4. The lowest BCUT2D eigenvalue weighted by Gasteiger charge is -2.47. The largest absolute Gasteiger partial charge is 0.497 e. The molecule has 2 atom stereocenters. The molecule has 130 valence electrons. The van der Waals surface area contributed by atoms with Gasteiger partial charge in [0.05, 0.1) is 19.7 Å². The van der Waals surface area contributed by atoms with E-state index in [1.807, 2.05) is 35.2 Å². The SMILES string of the molecule is COc1cccc(C(=O)NCC(=O)N2CC(C)C2c2ccccc2)c1. The van der Waals surface area contributed by atoms with Gasteiger partial charge in [0.2, 0.25) is 5.91 Å². The first-order chi connectivity index (χ1) is 12.1. The average molecular weight is 338 g/mol. The average Bonchev–Trinajstić information content (AvgIpc) is 2.64. The second kappa shape index (κ2) is 7.38. The maximum absolute atomic E-state index is 12.5. The Morgan fingerprint density at radius 3 is 2.60 bits per heavy atom. The third-order valence-corrected chi connectivity index (χ3v) is 4.55. The molecule has 2 aromatic carbocycles. The number of carbonyl (C=O) groups excluding carboxylic acids is 2. The number of methoxy groups -OCH3 is 1. The fraction of sp³-hybridized carbons (Fsp3) is 0.300. The Hall–Kier alpha value is -2.82. The minimum absolute atomic E-state index is 0.00784. The lowest BCUT2D eigenvalue weighted by Crippen LogP contribution is -2.54. The molecule has 0 bridgehead atoms. The van der Waals surface area contributed by atoms with Crippen LogP contribution in [0.15, 0.2) is 54.6 Å². The topological polar surface area (TPSA) is 58.6 Å². The standard InChI is InChI=1S/C20H22N2O3/c1-14-13-22(19(14)15-7-4-3-5-8-15)18(23)12-21-20(24)16-9-6-10-17(11-16)25-2/h3-11,14,19H,12-13H2,1-2H3,(H,21,24). The zero-order chi connectivity index (χ0) is 17.8. The number of ether oxygens (including phenoxy) is 1. The van der Waals surface area contributed by atoms with Gasteiger partial charge in [-0.3, -0.25) is 9.59 Å². The Bertz CT molecular complexity index is 761. The van der Waals surface area contributed by atoms with E-state index in [9.17, 15) is 9.59 Å². The number of nitrogens with one attached hydrogen (secondary N) is 1. The molecular formula is C20H22N2O3. The van der Waals surface area contributed by atoms with Gasteiger partial charge in [0, 0.05) is 12.1 Å². The van der Waals surface area contributed by atoms with Crippen molar-refractivity contribution < 1.29 is 14.3 Å². The highest BCUT2D eigenvalue weighted by Crippen LogP contribution is 2.38. The summed E-state index contributed by atoms with van der Waals surface area (Å²) in [4.78, 5) is 26.5. The minimum Gasteiger partial charge on any atom is -0.497 e. The van der Waals surface area contributed by atoms with Crippen molar-refractivity contribution in [3.63, 3.8) is 0 Å². The number of rotatable bonds is 5. The maximum Gasteiger partial charge on any atom is 0.251 e. The smallest absolute Gasteiger partial charge is 0.251 e. The Kier molecular flexibility index (Phi) is 5.03. The van der Waals surface area contributed by atoms with Crippen molar-refractivity contribution in [2.45, 2.75) is 13.0 Å². The summed E-state index contributed by atoms with van der Waals surface area (Å²) in [6.45, 7) is 2.84. The van der Waals surface area contributed by atoms with Crippen LogP contribution < -0.4 is 10.1 Å². The second-order valence-electron chi connectivity index (χ2n) is 6.29. The van der Waals surface area contributed by atoms with E-state index in [1.54, 1.807) is 31.4 Å². The molecule has 1 aliphatic heterocycles. The van der Waals surface area contributed by atoms with Crippen molar-refractivity contribution in [2.24, 2.45) is 5.92 Å². The molecule has 0 radical (unpaired) electrons. The van der Waals surface area contributed by atoms with E-state index < -0.39 is 0 Å². The van der Waals surface area contributed by atoms with Crippen LogP contribution in [0, 0.1) is 5.92 Å². The molecular weight excluding hydrogens is 316 g/mol. The molecule has 0 saturated carbocycles. The van der Waals surface area contributed by atoms with Crippen molar-refractivity contribution in [3.05, 3.63) is 65.7 Å². The van der Waals surface area contributed by atoms with Crippen LogP contribution in [0.5, 0.6) is 5.75 Å². The van der Waals surface area contributed by atoms with Crippen LogP contribution in [0.2, 0.25) is 0 Å². The number of benzene rings is 2. The molecule has 2 aromatic rings. The molecule has 1 N–H and O–H groups in total. The van der Waals surface area contributed by atoms with Crippen molar-refractivity contribution in [2.75, 3.05) is 20.2 Å². The van der Waals surface area contributed by atoms with Crippen LogP contribution >= 0.6 is 0 Å². The monoisotopic (exact) mass is 338 g/mol. The van der Waals surface area contributed by atoms with Gasteiger partial charge < -0.3 is 15.0 Å². The van der Waals surface area contributed by atoms with Gasteiger partial charge >= 0.3 is 0 Å². The van der Waals surface area contributed by atoms with Gasteiger partial charge in [-0.25, -0.2) is 0 Å². The normalized spacial score (nSPS) is 19.0. The third kappa shape index (κ3) is 3.65. The molecule has 0 aliphatic carbocycles. The maximum atomic E-state index is 12.5. The summed E-state index contributed by atoms with van der Waals surface area (Å²) in [5.74, 6) is 0.681. The highest BCUT2D eigenvalue weighted by atomic mass is 16.5. The van der Waals surface area contributed by atoms with E-state index in [-0.39, 0.29) is 24.4 Å². The van der Waals surface area contributed by atoms with Crippen molar-refractivity contribution in [1.82, 2.24) is 10.2 Å². The van der Waals surface area contributed by atoms with Crippen LogP contribution in [0.25, 0.3) is 0 Å². The van der Waals surface area contributed by atoms with E-state index in [2.05, 4.69) is 12.2 Å². The summed E-state index contributed by atoms with van der Waals surface area (Å²) in [6.07, 6.45) is 0. The van der Waals surface area contributed by atoms with Crippen LogP contribution in [-0.2, 0) is 4.79 Å². The van der Waals surface area contributed by atoms with E-state index in [1.165, 1.54) is 0 Å². The van der Waals surface area contributed by atoms with Gasteiger partial charge in [-0.05, 0) is 29.7 Å². The predicted molar refractivity (Wildman–Crippen MR) is 95.4 cm³/mol. The Labute approximate surface area is 147 Å². The van der Waals surface area contributed by atoms with E-state index in [4.69, 9.17) is 4.74 Å². The van der Waals surface area contributed by atoms with E-state index in [0.717, 1.165) is 5.56 Å². The molecule has 1 saturated heterocycles. The number of hydrogen-bond donors (Lipinski definition) is 1. The van der Waals surface area contributed by atoms with E-state index in [0.29, 0.717) is 23.8 Å². The second-order valence-corrected chi connectivity index (χ2v) is 6.29. The molecule has 1 fully saturated rings. The van der Waals surface area contributed by atoms with Crippen LogP contribution in [0.3, 0.4) is 0 Å². The first kappa shape index (κ1) is 17.0. The Morgan fingerprint density at radius 1 is 1.16 bits per heavy atom. The molecule has 2 amide bonds. The number of nitrogens with zero attached hydrogens (tertiary/aromatic N) is 1. The van der Waals surface area contributed by atoms with Crippen molar-refractivity contribution in [1.29, 1.82) is 0 Å². The number of amides is 2. The summed E-state index contributed by atoms with van der Waals surface area (Å²) in [5.41, 5.74) is 1.61. The number of carbonyl (C=O) groups is 2. The van der Waals surface area contributed by atoms with Crippen LogP contribution in [0.1, 0.15) is 28.9 Å². The summed E-state index contributed by atoms with van der Waals surface area (Å²) in [5, 5.41) is 2.70. The van der Waals surface area contributed by atoms with Gasteiger partial charge in [0.1, 0.15) is 5.75 Å². The summed E-state index contributed by atoms with van der Waals surface area (Å²) < 4.78 is 5.12. The molecule has 1 aliphatic rings. The number of hydrogen-bond acceptors (Lipinski definition) is 3. The molecule has 1 heterocycles. The van der Waals surface area contributed by atoms with Crippen molar-refractivity contribution >= 4 is 11.8 Å². The molecule has 2 unspecified atom stereocenters. The Balaban J connectivity index is 1.60. The molecule has 5 nitrogen and oxygen atoms in total. The summed E-state index contributed by atoms with van der Waals surface area (Å²) in [6, 6.07) is 17.0. The first-order valence-corrected chi connectivity index (χ1v) is 8.37. The van der Waals surface area contributed by atoms with E-state index >= 15 is 0 Å². The quantitative estimate of drug-likeness (QED) is 0.912. The van der Waals surface area contributed by atoms with Gasteiger partial charge in [0.15, 0.2) is 0 Å². The van der Waals surface area contributed by atoms with Crippen LogP contribution in [-0.4, -0.2) is 36.9 Å². The number of likely N-dealkylation sites (tertiary alicyclic amines) is 1. The molecule has 0 aromatic heterocycles. The highest BCUT2D eigenvalue weighted by molar-refractivity contribution is 5.96. The van der Waals surface area contributed by atoms with Gasteiger partial charge in [-0.15, -0.1) is 0 Å². The minimum atomic E-state index is -0.280. The molecule has 25 heavy (non-hydrogen) atoms. The summed E-state index contributed by atoms with van der Waals surface area (Å²) >= 11 is 0. The third-order valence-electron chi connectivity index (χ3n) is 4.55. The highest BCUT2D eigenvalue weighted by Gasteiger charge is 2.39. The Morgan fingerprint density at radius 2 is 1.92 bits per heavy atom. The molecule has 0 spiro atoms. The lowest BCUT2D eigenvalue weighted by atomic mass is 9.84. The van der Waals surface area contributed by atoms with Crippen LogP contribution in [0.4, 0.5) is 0 Å². The van der Waals surface area contributed by atoms with Gasteiger partial charge in [-0.2, -0.15) is 0 Å². The van der Waals surface area contributed by atoms with Crippen molar-refractivity contribution in [3.8, 4) is 5.75 Å². The zero-order valence-corrected chi connectivity index (χ0v) is 14.4. The lowest BCUT2D eigenvalue weighted by molar-refractivity contribution is -0.142. The fourth-order valence-electron chi connectivity index (χ4n) is 3.23. The predicted octanol–water partition coefficient (Wildman–Crippen LogP) is 2.64.